The molecule has 1 aliphatic rings. The highest BCUT2D eigenvalue weighted by Crippen LogP contribution is 2.32. The molecule has 0 unspecified atom stereocenters. The Hall–Kier alpha value is -1.10. The number of amides is 2. The third kappa shape index (κ3) is 3.22. The van der Waals surface area contributed by atoms with Gasteiger partial charge in [0.15, 0.2) is 0 Å². The van der Waals surface area contributed by atoms with E-state index < -0.39 is 11.3 Å². The van der Waals surface area contributed by atoms with E-state index in [9.17, 15) is 9.59 Å². The van der Waals surface area contributed by atoms with Gasteiger partial charge in [-0.25, -0.2) is 0 Å². The van der Waals surface area contributed by atoms with Crippen molar-refractivity contribution in [3.63, 3.8) is 0 Å². The SMILES string of the molecule is CCC1(C(=O)NCC(C)(C)C(N)=O)CCNCC1. The number of rotatable bonds is 5. The number of primary amides is 1. The Morgan fingerprint density at radius 2 is 1.89 bits per heavy atom. The normalized spacial score (nSPS) is 19.3. The molecular formula is C13H25N3O2. The molecule has 1 saturated heterocycles. The lowest BCUT2D eigenvalue weighted by Gasteiger charge is -2.36. The van der Waals surface area contributed by atoms with Crippen LogP contribution in [0.15, 0.2) is 0 Å². The zero-order chi connectivity index (χ0) is 13.8. The van der Waals surface area contributed by atoms with Crippen LogP contribution in [0.25, 0.3) is 0 Å². The smallest absolute Gasteiger partial charge is 0.226 e. The summed E-state index contributed by atoms with van der Waals surface area (Å²) in [5, 5.41) is 6.16. The van der Waals surface area contributed by atoms with Gasteiger partial charge in [-0.1, -0.05) is 6.92 Å². The Morgan fingerprint density at radius 1 is 1.33 bits per heavy atom. The van der Waals surface area contributed by atoms with E-state index in [1.165, 1.54) is 0 Å². The molecule has 0 aromatic carbocycles. The summed E-state index contributed by atoms with van der Waals surface area (Å²) in [6, 6.07) is 0. The van der Waals surface area contributed by atoms with Crippen LogP contribution < -0.4 is 16.4 Å². The summed E-state index contributed by atoms with van der Waals surface area (Å²) >= 11 is 0. The molecule has 104 valence electrons. The van der Waals surface area contributed by atoms with Gasteiger partial charge in [0.05, 0.1) is 10.8 Å². The van der Waals surface area contributed by atoms with Crippen LogP contribution in [0.1, 0.15) is 40.0 Å². The first-order chi connectivity index (χ1) is 8.34. The molecule has 0 saturated carbocycles. The van der Waals surface area contributed by atoms with Gasteiger partial charge >= 0.3 is 0 Å². The molecule has 0 atom stereocenters. The van der Waals surface area contributed by atoms with Crippen molar-refractivity contribution in [2.75, 3.05) is 19.6 Å². The number of nitrogens with one attached hydrogen (secondary N) is 2. The summed E-state index contributed by atoms with van der Waals surface area (Å²) < 4.78 is 0. The molecule has 1 heterocycles. The minimum Gasteiger partial charge on any atom is -0.369 e. The van der Waals surface area contributed by atoms with Gasteiger partial charge in [0.25, 0.3) is 0 Å². The first kappa shape index (κ1) is 15.0. The highest BCUT2D eigenvalue weighted by Gasteiger charge is 2.38. The van der Waals surface area contributed by atoms with Gasteiger partial charge in [-0.05, 0) is 46.2 Å². The zero-order valence-corrected chi connectivity index (χ0v) is 11.6. The van der Waals surface area contributed by atoms with Gasteiger partial charge in [-0.2, -0.15) is 0 Å². The number of piperidine rings is 1. The standard InChI is InChI=1S/C13H25N3O2/c1-4-13(5-7-15-8-6-13)11(18)16-9-12(2,3)10(14)17/h15H,4-9H2,1-3H3,(H2,14,17)(H,16,18). The Morgan fingerprint density at radius 3 is 2.33 bits per heavy atom. The Kier molecular flexibility index (Phi) is 4.73. The van der Waals surface area contributed by atoms with E-state index in [-0.39, 0.29) is 11.3 Å². The topological polar surface area (TPSA) is 84.2 Å². The Balaban J connectivity index is 2.61. The van der Waals surface area contributed by atoms with Crippen LogP contribution in [-0.4, -0.2) is 31.4 Å². The molecule has 18 heavy (non-hydrogen) atoms. The van der Waals surface area contributed by atoms with Crippen LogP contribution in [-0.2, 0) is 9.59 Å². The van der Waals surface area contributed by atoms with Crippen molar-refractivity contribution >= 4 is 11.8 Å². The van der Waals surface area contributed by atoms with Crippen molar-refractivity contribution < 1.29 is 9.59 Å². The van der Waals surface area contributed by atoms with Crippen molar-refractivity contribution in [2.24, 2.45) is 16.6 Å². The van der Waals surface area contributed by atoms with Crippen molar-refractivity contribution in [1.29, 1.82) is 0 Å². The molecule has 0 radical (unpaired) electrons. The number of hydrogen-bond donors (Lipinski definition) is 3. The van der Waals surface area contributed by atoms with Crippen LogP contribution in [0, 0.1) is 10.8 Å². The second-order valence-corrected chi connectivity index (χ2v) is 5.81. The van der Waals surface area contributed by atoms with Gasteiger partial charge in [0, 0.05) is 6.54 Å². The molecule has 4 N–H and O–H groups in total. The molecule has 1 fully saturated rings. The Bertz CT molecular complexity index is 320. The molecule has 0 aromatic rings. The summed E-state index contributed by atoms with van der Waals surface area (Å²) in [6.45, 7) is 7.59. The second-order valence-electron chi connectivity index (χ2n) is 5.81. The maximum Gasteiger partial charge on any atom is 0.226 e. The molecule has 0 spiro atoms. The molecule has 1 rings (SSSR count). The van der Waals surface area contributed by atoms with Crippen LogP contribution in [0.2, 0.25) is 0 Å². The molecule has 0 aliphatic carbocycles. The first-order valence-electron chi connectivity index (χ1n) is 6.63. The van der Waals surface area contributed by atoms with E-state index in [1.54, 1.807) is 13.8 Å². The quantitative estimate of drug-likeness (QED) is 0.664. The van der Waals surface area contributed by atoms with E-state index in [2.05, 4.69) is 10.6 Å². The fraction of sp³-hybridized carbons (Fsp3) is 0.846. The van der Waals surface area contributed by atoms with Crippen LogP contribution in [0.3, 0.4) is 0 Å². The van der Waals surface area contributed by atoms with Crippen LogP contribution >= 0.6 is 0 Å². The van der Waals surface area contributed by atoms with E-state index in [1.807, 2.05) is 6.92 Å². The lowest BCUT2D eigenvalue weighted by Crippen LogP contribution is -2.50. The maximum atomic E-state index is 12.3. The second kappa shape index (κ2) is 5.69. The van der Waals surface area contributed by atoms with E-state index in [0.29, 0.717) is 6.54 Å². The molecule has 2 amide bonds. The summed E-state index contributed by atoms with van der Waals surface area (Å²) in [5.74, 6) is -0.334. The minimum atomic E-state index is -0.697. The predicted molar refractivity (Wildman–Crippen MR) is 70.8 cm³/mol. The Labute approximate surface area is 109 Å². The fourth-order valence-electron chi connectivity index (χ4n) is 2.22. The fourth-order valence-corrected chi connectivity index (χ4v) is 2.22. The van der Waals surface area contributed by atoms with E-state index in [0.717, 1.165) is 32.4 Å². The zero-order valence-electron chi connectivity index (χ0n) is 11.6. The third-order valence-corrected chi connectivity index (χ3v) is 4.08. The van der Waals surface area contributed by atoms with Gasteiger partial charge < -0.3 is 16.4 Å². The lowest BCUT2D eigenvalue weighted by molar-refractivity contribution is -0.134. The van der Waals surface area contributed by atoms with Gasteiger partial charge in [0.2, 0.25) is 11.8 Å². The van der Waals surface area contributed by atoms with Gasteiger partial charge in [-0.3, -0.25) is 9.59 Å². The summed E-state index contributed by atoms with van der Waals surface area (Å²) in [6.07, 6.45) is 2.54. The van der Waals surface area contributed by atoms with Crippen LogP contribution in [0.4, 0.5) is 0 Å². The highest BCUT2D eigenvalue weighted by molar-refractivity contribution is 5.85. The average Bonchev–Trinajstić information content (AvgIpc) is 2.36. The summed E-state index contributed by atoms with van der Waals surface area (Å²) in [5.41, 5.74) is 4.32. The van der Waals surface area contributed by atoms with E-state index in [4.69, 9.17) is 5.73 Å². The van der Waals surface area contributed by atoms with Gasteiger partial charge in [-0.15, -0.1) is 0 Å². The largest absolute Gasteiger partial charge is 0.369 e. The average molecular weight is 255 g/mol. The summed E-state index contributed by atoms with van der Waals surface area (Å²) in [7, 11) is 0. The first-order valence-corrected chi connectivity index (χ1v) is 6.63. The van der Waals surface area contributed by atoms with Crippen molar-refractivity contribution in [2.45, 2.75) is 40.0 Å². The molecule has 5 heteroatoms. The number of nitrogens with two attached hydrogens (primary N) is 1. The molecule has 0 bridgehead atoms. The molecule has 5 nitrogen and oxygen atoms in total. The minimum absolute atomic E-state index is 0.0563. The molecule has 1 aliphatic heterocycles. The lowest BCUT2D eigenvalue weighted by atomic mass is 9.75. The highest BCUT2D eigenvalue weighted by atomic mass is 16.2. The number of hydrogen-bond acceptors (Lipinski definition) is 3. The molecular weight excluding hydrogens is 230 g/mol. The summed E-state index contributed by atoms with van der Waals surface area (Å²) in [4.78, 5) is 23.5. The van der Waals surface area contributed by atoms with Crippen molar-refractivity contribution in [3.05, 3.63) is 0 Å². The van der Waals surface area contributed by atoms with Crippen molar-refractivity contribution in [3.8, 4) is 0 Å². The number of carbonyl (C=O) groups is 2. The van der Waals surface area contributed by atoms with Gasteiger partial charge in [0.1, 0.15) is 0 Å². The number of carbonyl (C=O) groups excluding carboxylic acids is 2. The van der Waals surface area contributed by atoms with Crippen LogP contribution in [0.5, 0.6) is 0 Å². The maximum absolute atomic E-state index is 12.3. The molecule has 0 aromatic heterocycles. The third-order valence-electron chi connectivity index (χ3n) is 4.08. The predicted octanol–water partition coefficient (Wildman–Crippen LogP) is 0.394. The monoisotopic (exact) mass is 255 g/mol. The van der Waals surface area contributed by atoms with E-state index >= 15 is 0 Å². The van der Waals surface area contributed by atoms with Crippen molar-refractivity contribution in [1.82, 2.24) is 10.6 Å².